The van der Waals surface area contributed by atoms with Crippen LogP contribution in [0.2, 0.25) is 0 Å². The molecule has 0 aliphatic carbocycles. The van der Waals surface area contributed by atoms with Gasteiger partial charge in [0.1, 0.15) is 6.07 Å². The third kappa shape index (κ3) is 3.37. The fourth-order valence-electron chi connectivity index (χ4n) is 0.966. The lowest BCUT2D eigenvalue weighted by Gasteiger charge is -2.04. The van der Waals surface area contributed by atoms with Crippen molar-refractivity contribution in [3.05, 3.63) is 28.0 Å². The number of halogens is 3. The molecule has 0 heterocycles. The van der Waals surface area contributed by atoms with Gasteiger partial charge in [-0.15, -0.1) is 23.4 Å². The van der Waals surface area contributed by atoms with Crippen LogP contribution in [0.5, 0.6) is 0 Å². The molecule has 0 amide bonds. The topological polar surface area (TPSA) is 23.8 Å². The zero-order valence-corrected chi connectivity index (χ0v) is 10.9. The van der Waals surface area contributed by atoms with E-state index in [1.54, 1.807) is 12.1 Å². The highest BCUT2D eigenvalue weighted by molar-refractivity contribution is 9.10. The van der Waals surface area contributed by atoms with E-state index in [9.17, 15) is 4.39 Å². The van der Waals surface area contributed by atoms with Gasteiger partial charge in [-0.25, -0.2) is 4.39 Å². The molecule has 0 fully saturated rings. The highest BCUT2D eigenvalue weighted by Gasteiger charge is 2.10. The Hall–Kier alpha value is -0.240. The first-order valence-electron chi connectivity index (χ1n) is 4.27. The molecule has 0 saturated heterocycles. The van der Waals surface area contributed by atoms with Crippen molar-refractivity contribution >= 4 is 39.3 Å². The van der Waals surface area contributed by atoms with Crippen molar-refractivity contribution in [3.8, 4) is 6.07 Å². The summed E-state index contributed by atoms with van der Waals surface area (Å²) in [4.78, 5) is 0.547. The van der Waals surface area contributed by atoms with Gasteiger partial charge in [-0.05, 0) is 40.2 Å². The lowest BCUT2D eigenvalue weighted by atomic mass is 10.2. The Morgan fingerprint density at radius 2 is 2.27 bits per heavy atom. The average molecular weight is 309 g/mol. The summed E-state index contributed by atoms with van der Waals surface area (Å²) < 4.78 is 13.9. The minimum absolute atomic E-state index is 0.237. The van der Waals surface area contributed by atoms with Crippen LogP contribution in [0, 0.1) is 17.1 Å². The third-order valence-electron chi connectivity index (χ3n) is 1.70. The summed E-state index contributed by atoms with van der Waals surface area (Å²) in [5, 5.41) is 8.68. The van der Waals surface area contributed by atoms with Gasteiger partial charge in [0.05, 0.1) is 10.0 Å². The second-order valence-electron chi connectivity index (χ2n) is 2.74. The number of alkyl halides is 1. The molecule has 0 aliphatic heterocycles. The van der Waals surface area contributed by atoms with E-state index in [1.165, 1.54) is 11.8 Å². The van der Waals surface area contributed by atoms with Crippen LogP contribution in [0.15, 0.2) is 21.5 Å². The van der Waals surface area contributed by atoms with Crippen LogP contribution in [0.1, 0.15) is 12.0 Å². The molecule has 0 atom stereocenters. The average Bonchev–Trinajstić information content (AvgIpc) is 2.25. The standard InChI is InChI=1S/C10H8BrClFNS/c11-9-7(6-14)2-3-8(10(9)13)15-5-1-4-12/h2-3H,1,4-5H2. The van der Waals surface area contributed by atoms with Crippen molar-refractivity contribution in [2.24, 2.45) is 0 Å². The fraction of sp³-hybridized carbons (Fsp3) is 0.300. The Kier molecular flexibility index (Phi) is 5.44. The molecule has 1 nitrogen and oxygen atoms in total. The lowest BCUT2D eigenvalue weighted by Crippen LogP contribution is -1.89. The van der Waals surface area contributed by atoms with E-state index in [4.69, 9.17) is 16.9 Å². The molecule has 0 bridgehead atoms. The van der Waals surface area contributed by atoms with Crippen molar-refractivity contribution < 1.29 is 4.39 Å². The van der Waals surface area contributed by atoms with Gasteiger partial charge < -0.3 is 0 Å². The summed E-state index contributed by atoms with van der Waals surface area (Å²) in [6.45, 7) is 0. The number of hydrogen-bond donors (Lipinski definition) is 0. The summed E-state index contributed by atoms with van der Waals surface area (Å²) in [6.07, 6.45) is 0.837. The SMILES string of the molecule is N#Cc1ccc(SCCCCl)c(F)c1Br. The molecule has 0 unspecified atom stereocenters. The van der Waals surface area contributed by atoms with Crippen molar-refractivity contribution in [1.29, 1.82) is 5.26 Å². The van der Waals surface area contributed by atoms with E-state index >= 15 is 0 Å². The van der Waals surface area contributed by atoms with Gasteiger partial charge in [-0.1, -0.05) is 0 Å². The van der Waals surface area contributed by atoms with Gasteiger partial charge in [0, 0.05) is 10.8 Å². The monoisotopic (exact) mass is 307 g/mol. The van der Waals surface area contributed by atoms with E-state index in [0.717, 1.165) is 12.2 Å². The summed E-state index contributed by atoms with van der Waals surface area (Å²) in [5.74, 6) is 0.985. The molecule has 1 aromatic rings. The molecule has 15 heavy (non-hydrogen) atoms. The summed E-state index contributed by atoms with van der Waals surface area (Å²) in [5.41, 5.74) is 0.314. The maximum absolute atomic E-state index is 13.6. The van der Waals surface area contributed by atoms with Crippen LogP contribution < -0.4 is 0 Å². The number of rotatable bonds is 4. The number of hydrogen-bond acceptors (Lipinski definition) is 2. The van der Waals surface area contributed by atoms with Crippen molar-refractivity contribution in [3.63, 3.8) is 0 Å². The first kappa shape index (κ1) is 12.8. The zero-order chi connectivity index (χ0) is 11.3. The predicted molar refractivity (Wildman–Crippen MR) is 64.9 cm³/mol. The fourth-order valence-corrected chi connectivity index (χ4v) is 2.73. The highest BCUT2D eigenvalue weighted by atomic mass is 79.9. The van der Waals surface area contributed by atoms with Crippen LogP contribution in [-0.2, 0) is 0 Å². The summed E-state index contributed by atoms with van der Waals surface area (Å²) >= 11 is 10.00. The first-order valence-corrected chi connectivity index (χ1v) is 6.59. The Bertz CT molecular complexity index is 392. The van der Waals surface area contributed by atoms with E-state index < -0.39 is 0 Å². The second kappa shape index (κ2) is 6.37. The smallest absolute Gasteiger partial charge is 0.152 e. The van der Waals surface area contributed by atoms with Gasteiger partial charge in [-0.2, -0.15) is 5.26 Å². The Labute approximate surface area is 106 Å². The van der Waals surface area contributed by atoms with Gasteiger partial charge in [0.2, 0.25) is 0 Å². The normalized spacial score (nSPS) is 10.0. The Morgan fingerprint density at radius 1 is 1.53 bits per heavy atom. The van der Waals surface area contributed by atoms with E-state index in [2.05, 4.69) is 15.9 Å². The van der Waals surface area contributed by atoms with Crippen molar-refractivity contribution in [2.45, 2.75) is 11.3 Å². The molecule has 0 spiro atoms. The molecule has 1 aromatic carbocycles. The molecule has 1 rings (SSSR count). The number of nitriles is 1. The van der Waals surface area contributed by atoms with Gasteiger partial charge in [-0.3, -0.25) is 0 Å². The van der Waals surface area contributed by atoms with Crippen LogP contribution in [0.4, 0.5) is 4.39 Å². The highest BCUT2D eigenvalue weighted by Crippen LogP contribution is 2.30. The quantitative estimate of drug-likeness (QED) is 0.473. The van der Waals surface area contributed by atoms with Crippen LogP contribution in [-0.4, -0.2) is 11.6 Å². The Balaban J connectivity index is 2.83. The third-order valence-corrected chi connectivity index (χ3v) is 3.86. The predicted octanol–water partition coefficient (Wildman–Crippen LogP) is 4.18. The maximum Gasteiger partial charge on any atom is 0.152 e. The summed E-state index contributed by atoms with van der Waals surface area (Å²) in [7, 11) is 0. The van der Waals surface area contributed by atoms with Gasteiger partial charge >= 0.3 is 0 Å². The molecule has 80 valence electrons. The molecule has 5 heteroatoms. The number of nitrogens with zero attached hydrogens (tertiary/aromatic N) is 1. The molecule has 0 aromatic heterocycles. The molecule has 0 radical (unpaired) electrons. The Morgan fingerprint density at radius 3 is 2.87 bits per heavy atom. The van der Waals surface area contributed by atoms with Gasteiger partial charge in [0.15, 0.2) is 5.82 Å². The lowest BCUT2D eigenvalue weighted by molar-refractivity contribution is 0.594. The molecular weight excluding hydrogens is 301 g/mol. The van der Waals surface area contributed by atoms with E-state index in [0.29, 0.717) is 16.3 Å². The van der Waals surface area contributed by atoms with Crippen LogP contribution in [0.3, 0.4) is 0 Å². The molecule has 0 aliphatic rings. The molecule has 0 N–H and O–H groups in total. The second-order valence-corrected chi connectivity index (χ2v) is 5.05. The maximum atomic E-state index is 13.6. The molecular formula is C10H8BrClFNS. The zero-order valence-electron chi connectivity index (χ0n) is 7.77. The number of benzene rings is 1. The minimum Gasteiger partial charge on any atom is -0.204 e. The van der Waals surface area contributed by atoms with Crippen molar-refractivity contribution in [2.75, 3.05) is 11.6 Å². The van der Waals surface area contributed by atoms with Crippen molar-refractivity contribution in [1.82, 2.24) is 0 Å². The number of thioether (sulfide) groups is 1. The van der Waals surface area contributed by atoms with E-state index in [-0.39, 0.29) is 10.3 Å². The largest absolute Gasteiger partial charge is 0.204 e. The summed E-state index contributed by atoms with van der Waals surface area (Å²) in [6, 6.07) is 5.14. The van der Waals surface area contributed by atoms with Crippen LogP contribution >= 0.6 is 39.3 Å². The minimum atomic E-state index is -0.367. The van der Waals surface area contributed by atoms with E-state index in [1.807, 2.05) is 6.07 Å². The molecule has 0 saturated carbocycles. The first-order chi connectivity index (χ1) is 7.20. The van der Waals surface area contributed by atoms with Gasteiger partial charge in [0.25, 0.3) is 0 Å². The van der Waals surface area contributed by atoms with Crippen LogP contribution in [0.25, 0.3) is 0 Å².